The second kappa shape index (κ2) is 12.7. The number of rotatable bonds is 10. The van der Waals surface area contributed by atoms with Crippen LogP contribution < -0.4 is 10.1 Å². The Bertz CT molecular complexity index is 1600. The molecule has 3 aliphatic rings. The Kier molecular flexibility index (Phi) is 8.55. The van der Waals surface area contributed by atoms with Gasteiger partial charge in [0.2, 0.25) is 11.8 Å². The molecule has 3 heterocycles. The summed E-state index contributed by atoms with van der Waals surface area (Å²) >= 11 is 0. The molecule has 236 valence electrons. The number of esters is 1. The lowest BCUT2D eigenvalue weighted by atomic mass is 9.86. The highest BCUT2D eigenvalue weighted by atomic mass is 16.5. The largest absolute Gasteiger partial charge is 0.484 e. The van der Waals surface area contributed by atoms with E-state index in [1.54, 1.807) is 24.0 Å². The predicted molar refractivity (Wildman–Crippen MR) is 159 cm³/mol. The molecule has 1 saturated carbocycles. The van der Waals surface area contributed by atoms with Gasteiger partial charge in [-0.3, -0.25) is 14.4 Å². The molecule has 3 fully saturated rings. The first-order chi connectivity index (χ1) is 21.7. The summed E-state index contributed by atoms with van der Waals surface area (Å²) in [7, 11) is 0. The lowest BCUT2D eigenvalue weighted by molar-refractivity contribution is -0.138. The van der Waals surface area contributed by atoms with Crippen molar-refractivity contribution in [2.24, 2.45) is 5.92 Å². The number of likely N-dealkylation sites (tertiary alicyclic amines) is 1. The van der Waals surface area contributed by atoms with Gasteiger partial charge in [0.25, 0.3) is 11.7 Å². The summed E-state index contributed by atoms with van der Waals surface area (Å²) in [5.74, 6) is -1.66. The maximum atomic E-state index is 13.2. The highest BCUT2D eigenvalue weighted by Gasteiger charge is 2.36. The topological polar surface area (TPSA) is 161 Å². The molecule has 2 N–H and O–H groups in total. The molecule has 2 aliphatic heterocycles. The minimum Gasteiger partial charge on any atom is -0.484 e. The minimum absolute atomic E-state index is 0.0633. The van der Waals surface area contributed by atoms with E-state index in [1.165, 1.54) is 24.5 Å². The fourth-order valence-electron chi connectivity index (χ4n) is 6.23. The third-order valence-electron chi connectivity index (χ3n) is 8.75. The average Bonchev–Trinajstić information content (AvgIpc) is 3.65. The summed E-state index contributed by atoms with van der Waals surface area (Å²) in [6.07, 6.45) is 3.15. The van der Waals surface area contributed by atoms with E-state index in [2.05, 4.69) is 27.6 Å². The fourth-order valence-corrected chi connectivity index (χ4v) is 6.23. The fraction of sp³-hybridized carbons (Fsp3) is 0.455. The van der Waals surface area contributed by atoms with Crippen molar-refractivity contribution in [1.29, 1.82) is 0 Å². The van der Waals surface area contributed by atoms with E-state index in [0.29, 0.717) is 43.2 Å². The molecule has 1 aliphatic carbocycles. The Balaban J connectivity index is 1.26. The van der Waals surface area contributed by atoms with Crippen molar-refractivity contribution in [3.8, 4) is 5.75 Å². The van der Waals surface area contributed by atoms with Gasteiger partial charge in [-0.2, -0.15) is 4.98 Å². The van der Waals surface area contributed by atoms with Crippen molar-refractivity contribution in [2.45, 2.75) is 69.9 Å². The number of aryl methyl sites for hydroxylation is 1. The monoisotopic (exact) mass is 616 g/mol. The van der Waals surface area contributed by atoms with Crippen LogP contribution in [-0.4, -0.2) is 69.6 Å². The number of ether oxygens (including phenoxy) is 2. The van der Waals surface area contributed by atoms with E-state index in [-0.39, 0.29) is 48.1 Å². The number of benzene rings is 2. The summed E-state index contributed by atoms with van der Waals surface area (Å²) in [6.45, 7) is 4.36. The Morgan fingerprint density at radius 1 is 1.09 bits per heavy atom. The summed E-state index contributed by atoms with van der Waals surface area (Å²) < 4.78 is 16.5. The van der Waals surface area contributed by atoms with Crippen LogP contribution in [0.2, 0.25) is 0 Å². The smallest absolute Gasteiger partial charge is 0.335 e. The first-order valence-electron chi connectivity index (χ1n) is 15.4. The average molecular weight is 617 g/mol. The third-order valence-corrected chi connectivity index (χ3v) is 8.75. The first-order valence-corrected chi connectivity index (χ1v) is 15.4. The van der Waals surface area contributed by atoms with E-state index in [1.807, 2.05) is 19.1 Å². The van der Waals surface area contributed by atoms with Crippen LogP contribution in [-0.2, 0) is 14.3 Å². The molecule has 0 radical (unpaired) electrons. The SMILES string of the molecule is Cc1nc(C(=O)N[C@@H](C)[C@H](Oc2ccc(C(=O)O)c([C@@H]3CCCN(C(=O)[C@H]4COC(=O)C4)C3)c2)c2ccc(C3CC3)cc2)no1. The molecule has 2 saturated heterocycles. The van der Waals surface area contributed by atoms with Gasteiger partial charge in [0.15, 0.2) is 0 Å². The predicted octanol–water partition coefficient (Wildman–Crippen LogP) is 4.16. The number of aromatic nitrogens is 2. The van der Waals surface area contributed by atoms with Gasteiger partial charge in [-0.15, -0.1) is 0 Å². The Morgan fingerprint density at radius 2 is 1.87 bits per heavy atom. The maximum absolute atomic E-state index is 13.2. The Morgan fingerprint density at radius 3 is 2.51 bits per heavy atom. The molecule has 2 aromatic carbocycles. The molecule has 12 nitrogen and oxygen atoms in total. The van der Waals surface area contributed by atoms with E-state index in [9.17, 15) is 24.3 Å². The number of carbonyl (C=O) groups excluding carboxylic acids is 3. The van der Waals surface area contributed by atoms with Gasteiger partial charge in [-0.25, -0.2) is 4.79 Å². The van der Waals surface area contributed by atoms with E-state index in [0.717, 1.165) is 5.56 Å². The summed E-state index contributed by atoms with van der Waals surface area (Å²) in [5, 5.41) is 16.7. The van der Waals surface area contributed by atoms with Crippen LogP contribution in [0.4, 0.5) is 0 Å². The molecule has 2 amide bonds. The molecule has 1 aromatic heterocycles. The zero-order valence-corrected chi connectivity index (χ0v) is 25.2. The summed E-state index contributed by atoms with van der Waals surface area (Å²) in [4.78, 5) is 55.7. The van der Waals surface area contributed by atoms with E-state index >= 15 is 0 Å². The normalized spacial score (nSPS) is 21.1. The van der Waals surface area contributed by atoms with Crippen LogP contribution >= 0.6 is 0 Å². The second-order valence-electron chi connectivity index (χ2n) is 12.1. The van der Waals surface area contributed by atoms with Crippen LogP contribution in [0, 0.1) is 12.8 Å². The van der Waals surface area contributed by atoms with Gasteiger partial charge in [-0.05, 0) is 73.4 Å². The minimum atomic E-state index is -1.07. The number of piperidine rings is 1. The van der Waals surface area contributed by atoms with Crippen molar-refractivity contribution in [3.05, 3.63) is 76.4 Å². The van der Waals surface area contributed by atoms with Crippen molar-refractivity contribution in [1.82, 2.24) is 20.4 Å². The number of aromatic carboxylic acids is 1. The zero-order valence-electron chi connectivity index (χ0n) is 25.2. The number of nitrogens with one attached hydrogen (secondary N) is 1. The number of carboxylic acids is 1. The van der Waals surface area contributed by atoms with Crippen LogP contribution in [0.25, 0.3) is 0 Å². The van der Waals surface area contributed by atoms with E-state index in [4.69, 9.17) is 14.0 Å². The summed E-state index contributed by atoms with van der Waals surface area (Å²) in [5.41, 5.74) is 2.80. The van der Waals surface area contributed by atoms with Gasteiger partial charge in [0, 0.05) is 25.9 Å². The zero-order chi connectivity index (χ0) is 31.7. The van der Waals surface area contributed by atoms with Gasteiger partial charge in [0.05, 0.1) is 23.9 Å². The quantitative estimate of drug-likeness (QED) is 0.317. The highest BCUT2D eigenvalue weighted by molar-refractivity contribution is 5.91. The third kappa shape index (κ3) is 6.84. The van der Waals surface area contributed by atoms with Crippen LogP contribution in [0.1, 0.15) is 101 Å². The molecular weight excluding hydrogens is 580 g/mol. The number of amides is 2. The molecule has 0 spiro atoms. The lowest BCUT2D eigenvalue weighted by Crippen LogP contribution is -2.42. The second-order valence-corrected chi connectivity index (χ2v) is 12.1. The van der Waals surface area contributed by atoms with Crippen molar-refractivity contribution < 1.29 is 38.3 Å². The highest BCUT2D eigenvalue weighted by Crippen LogP contribution is 2.41. The Labute approximate surface area is 260 Å². The van der Waals surface area contributed by atoms with Crippen molar-refractivity contribution in [3.63, 3.8) is 0 Å². The number of carboxylic acid groups (broad SMARTS) is 1. The molecule has 6 rings (SSSR count). The van der Waals surface area contributed by atoms with Crippen molar-refractivity contribution in [2.75, 3.05) is 19.7 Å². The number of carbonyl (C=O) groups is 4. The molecule has 0 bridgehead atoms. The van der Waals surface area contributed by atoms with E-state index < -0.39 is 29.9 Å². The number of hydrogen-bond acceptors (Lipinski definition) is 9. The maximum Gasteiger partial charge on any atom is 0.335 e. The first kappa shape index (κ1) is 30.3. The lowest BCUT2D eigenvalue weighted by Gasteiger charge is -2.35. The molecule has 3 aromatic rings. The van der Waals surface area contributed by atoms with Gasteiger partial charge in [-0.1, -0.05) is 29.4 Å². The van der Waals surface area contributed by atoms with Crippen molar-refractivity contribution >= 4 is 23.8 Å². The number of nitrogens with zero attached hydrogens (tertiary/aromatic N) is 3. The molecular formula is C33H36N4O8. The van der Waals surface area contributed by atoms with Crippen LogP contribution in [0.5, 0.6) is 5.75 Å². The Hall–Kier alpha value is -4.74. The van der Waals surface area contributed by atoms with Crippen LogP contribution in [0.15, 0.2) is 47.0 Å². The number of hydrogen-bond donors (Lipinski definition) is 2. The van der Waals surface area contributed by atoms with Gasteiger partial charge < -0.3 is 29.3 Å². The van der Waals surface area contributed by atoms with Gasteiger partial charge in [0.1, 0.15) is 18.5 Å². The molecule has 45 heavy (non-hydrogen) atoms. The molecule has 4 atom stereocenters. The standard InChI is InChI=1S/C33H36N4O8/c1-18(34-31(39)30-35-19(2)45-36-30)29(22-9-7-21(8-10-22)20-5-6-20)44-25-11-12-26(33(41)42)27(15-25)23-4-3-13-37(16-23)32(40)24-14-28(38)43-17-24/h7-12,15,18,20,23-24,29H,3-6,13-14,16-17H2,1-2H3,(H,34,39)(H,41,42)/t18-,23+,24+,29-/m0/s1. The van der Waals surface area contributed by atoms with Crippen LogP contribution in [0.3, 0.4) is 0 Å². The molecule has 0 unspecified atom stereocenters. The number of cyclic esters (lactones) is 1. The molecule has 12 heteroatoms. The van der Waals surface area contributed by atoms with Gasteiger partial charge >= 0.3 is 11.9 Å². The summed E-state index contributed by atoms with van der Waals surface area (Å²) in [6, 6.07) is 12.5.